The van der Waals surface area contributed by atoms with Crippen LogP contribution in [0, 0.1) is 6.92 Å². The van der Waals surface area contributed by atoms with Gasteiger partial charge in [0.1, 0.15) is 0 Å². The van der Waals surface area contributed by atoms with Gasteiger partial charge in [-0.2, -0.15) is 18.2 Å². The number of aryl methyl sites for hydroxylation is 1. The lowest BCUT2D eigenvalue weighted by molar-refractivity contribution is -0.137. The van der Waals surface area contributed by atoms with Gasteiger partial charge in [0.15, 0.2) is 0 Å². The van der Waals surface area contributed by atoms with Gasteiger partial charge in [0.25, 0.3) is 5.91 Å². The van der Waals surface area contributed by atoms with Crippen LogP contribution in [0.3, 0.4) is 0 Å². The molecule has 158 valence electrons. The van der Waals surface area contributed by atoms with Crippen LogP contribution in [0.15, 0.2) is 53.1 Å². The van der Waals surface area contributed by atoms with Gasteiger partial charge >= 0.3 is 6.18 Å². The largest absolute Gasteiger partial charge is 0.416 e. The van der Waals surface area contributed by atoms with Crippen molar-refractivity contribution >= 4 is 5.91 Å². The molecule has 1 heterocycles. The lowest BCUT2D eigenvalue weighted by Gasteiger charge is -2.26. The molecule has 0 bridgehead atoms. The molecule has 0 aliphatic rings. The van der Waals surface area contributed by atoms with Crippen LogP contribution < -0.4 is 0 Å². The van der Waals surface area contributed by atoms with E-state index >= 15 is 0 Å². The molecule has 0 saturated carbocycles. The van der Waals surface area contributed by atoms with Crippen molar-refractivity contribution in [3.63, 3.8) is 0 Å². The smallest absolute Gasteiger partial charge is 0.339 e. The van der Waals surface area contributed by atoms with Crippen molar-refractivity contribution < 1.29 is 22.5 Å². The molecule has 8 heteroatoms. The average Bonchev–Trinajstić information content (AvgIpc) is 3.16. The molecule has 0 atom stereocenters. The first-order valence-electron chi connectivity index (χ1n) is 9.53. The maximum Gasteiger partial charge on any atom is 0.416 e. The zero-order chi connectivity index (χ0) is 21.9. The summed E-state index contributed by atoms with van der Waals surface area (Å²) in [6.07, 6.45) is -4.10. The lowest BCUT2D eigenvalue weighted by Crippen LogP contribution is -2.38. The minimum atomic E-state index is -4.44. The number of aromatic nitrogens is 2. The van der Waals surface area contributed by atoms with Crippen molar-refractivity contribution in [1.82, 2.24) is 15.0 Å². The van der Waals surface area contributed by atoms with E-state index in [1.165, 1.54) is 12.1 Å². The Morgan fingerprint density at radius 1 is 1.13 bits per heavy atom. The van der Waals surface area contributed by atoms with Gasteiger partial charge in [-0.05, 0) is 51.1 Å². The summed E-state index contributed by atoms with van der Waals surface area (Å²) in [4.78, 5) is 18.8. The highest BCUT2D eigenvalue weighted by Crippen LogP contribution is 2.29. The Kier molecular flexibility index (Phi) is 6.24. The third kappa shape index (κ3) is 5.06. The van der Waals surface area contributed by atoms with Gasteiger partial charge < -0.3 is 9.42 Å². The molecule has 0 saturated heterocycles. The average molecular weight is 417 g/mol. The molecule has 0 aliphatic heterocycles. The molecule has 30 heavy (non-hydrogen) atoms. The number of nitrogens with zero attached hydrogens (tertiary/aromatic N) is 3. The van der Waals surface area contributed by atoms with Crippen molar-refractivity contribution in [2.75, 3.05) is 6.54 Å². The minimum Gasteiger partial charge on any atom is -0.339 e. The second-order valence-corrected chi connectivity index (χ2v) is 7.30. The fourth-order valence-electron chi connectivity index (χ4n) is 3.04. The second kappa shape index (κ2) is 8.69. The second-order valence-electron chi connectivity index (χ2n) is 7.30. The number of rotatable bonds is 6. The van der Waals surface area contributed by atoms with Crippen molar-refractivity contribution in [1.29, 1.82) is 0 Å². The van der Waals surface area contributed by atoms with Gasteiger partial charge in [0, 0.05) is 30.1 Å². The first kappa shape index (κ1) is 21.5. The van der Waals surface area contributed by atoms with Crippen molar-refractivity contribution in [3.05, 3.63) is 71.1 Å². The van der Waals surface area contributed by atoms with Crippen molar-refractivity contribution in [2.45, 2.75) is 39.4 Å². The summed E-state index contributed by atoms with van der Waals surface area (Å²) >= 11 is 0. The predicted octanol–water partition coefficient (Wildman–Crippen LogP) is 5.16. The van der Waals surface area contributed by atoms with E-state index < -0.39 is 11.7 Å². The highest BCUT2D eigenvalue weighted by molar-refractivity contribution is 5.94. The molecule has 0 radical (unpaired) electrons. The summed E-state index contributed by atoms with van der Waals surface area (Å²) in [6.45, 7) is 5.95. The minimum absolute atomic E-state index is 0.154. The van der Waals surface area contributed by atoms with Crippen LogP contribution in [0.4, 0.5) is 13.2 Å². The number of hydrogen-bond donors (Lipinski definition) is 0. The van der Waals surface area contributed by atoms with Crippen LogP contribution in [0.25, 0.3) is 11.4 Å². The Balaban J connectivity index is 1.70. The van der Waals surface area contributed by atoms with Crippen LogP contribution >= 0.6 is 0 Å². The van der Waals surface area contributed by atoms with Gasteiger partial charge in [-0.3, -0.25) is 4.79 Å². The Labute approximate surface area is 172 Å². The van der Waals surface area contributed by atoms with E-state index in [4.69, 9.17) is 4.52 Å². The molecule has 1 amide bonds. The lowest BCUT2D eigenvalue weighted by atomic mass is 10.1. The first-order valence-corrected chi connectivity index (χ1v) is 9.53. The van der Waals surface area contributed by atoms with E-state index in [1.807, 2.05) is 45.0 Å². The fraction of sp³-hybridized carbons (Fsp3) is 0.318. The van der Waals surface area contributed by atoms with Gasteiger partial charge in [-0.1, -0.05) is 28.9 Å². The summed E-state index contributed by atoms with van der Waals surface area (Å²) in [6, 6.07) is 11.8. The van der Waals surface area contributed by atoms with Crippen LogP contribution in [-0.4, -0.2) is 33.5 Å². The quantitative estimate of drug-likeness (QED) is 0.556. The molecular formula is C22H22F3N3O2. The van der Waals surface area contributed by atoms with Gasteiger partial charge in [0.2, 0.25) is 11.7 Å². The summed E-state index contributed by atoms with van der Waals surface area (Å²) in [5.74, 6) is 0.508. The summed E-state index contributed by atoms with van der Waals surface area (Å²) < 4.78 is 43.5. The summed E-state index contributed by atoms with van der Waals surface area (Å²) in [7, 11) is 0. The van der Waals surface area contributed by atoms with Gasteiger partial charge in [-0.15, -0.1) is 0 Å². The number of alkyl halides is 3. The highest BCUT2D eigenvalue weighted by Gasteiger charge is 2.30. The Bertz CT molecular complexity index is 1010. The molecule has 0 unspecified atom stereocenters. The molecule has 0 aliphatic carbocycles. The molecule has 2 aromatic carbocycles. The fourth-order valence-corrected chi connectivity index (χ4v) is 3.04. The molecule has 5 nitrogen and oxygen atoms in total. The third-order valence-corrected chi connectivity index (χ3v) is 4.65. The number of halogens is 3. The standard InChI is InChI=1S/C22H22F3N3O2/c1-14(2)28(21(29)16-7-9-18(10-8-16)22(23,24)25)12-11-19-26-20(27-30-19)17-6-4-5-15(3)13-17/h4-10,13-14H,11-12H2,1-3H3. The molecule has 0 spiro atoms. The molecule has 0 N–H and O–H groups in total. The van der Waals surface area contributed by atoms with E-state index in [1.54, 1.807) is 4.90 Å². The SMILES string of the molecule is Cc1cccc(-c2noc(CCN(C(=O)c3ccc(C(F)(F)F)cc3)C(C)C)n2)c1. The van der Waals surface area contributed by atoms with Crippen LogP contribution in [0.1, 0.15) is 41.2 Å². The van der Waals surface area contributed by atoms with Crippen molar-refractivity contribution in [2.24, 2.45) is 0 Å². The van der Waals surface area contributed by atoms with E-state index in [2.05, 4.69) is 10.1 Å². The van der Waals surface area contributed by atoms with E-state index in [0.717, 1.165) is 23.3 Å². The van der Waals surface area contributed by atoms with Crippen LogP contribution in [0.2, 0.25) is 0 Å². The topological polar surface area (TPSA) is 59.2 Å². The number of amides is 1. The normalized spacial score (nSPS) is 11.7. The summed E-state index contributed by atoms with van der Waals surface area (Å²) in [5.41, 5.74) is 1.32. The molecular weight excluding hydrogens is 395 g/mol. The third-order valence-electron chi connectivity index (χ3n) is 4.65. The van der Waals surface area contributed by atoms with Crippen molar-refractivity contribution in [3.8, 4) is 11.4 Å². The van der Waals surface area contributed by atoms with E-state index in [9.17, 15) is 18.0 Å². The number of carbonyl (C=O) groups excluding carboxylic acids is 1. The zero-order valence-corrected chi connectivity index (χ0v) is 16.9. The maximum absolute atomic E-state index is 12.8. The summed E-state index contributed by atoms with van der Waals surface area (Å²) in [5, 5.41) is 3.99. The molecule has 0 fully saturated rings. The maximum atomic E-state index is 12.8. The molecule has 3 rings (SSSR count). The van der Waals surface area contributed by atoms with Gasteiger partial charge in [-0.25, -0.2) is 0 Å². The number of benzene rings is 2. The van der Waals surface area contributed by atoms with Crippen LogP contribution in [0.5, 0.6) is 0 Å². The van der Waals surface area contributed by atoms with E-state index in [0.29, 0.717) is 24.7 Å². The predicted molar refractivity (Wildman–Crippen MR) is 106 cm³/mol. The first-order chi connectivity index (χ1) is 14.1. The highest BCUT2D eigenvalue weighted by atomic mass is 19.4. The zero-order valence-electron chi connectivity index (χ0n) is 16.9. The van der Waals surface area contributed by atoms with Crippen LogP contribution in [-0.2, 0) is 12.6 Å². The Morgan fingerprint density at radius 3 is 2.43 bits per heavy atom. The van der Waals surface area contributed by atoms with E-state index in [-0.39, 0.29) is 17.5 Å². The molecule has 1 aromatic heterocycles. The monoisotopic (exact) mass is 417 g/mol. The Hall–Kier alpha value is -3.16. The van der Waals surface area contributed by atoms with Gasteiger partial charge in [0.05, 0.1) is 5.56 Å². The number of hydrogen-bond acceptors (Lipinski definition) is 4. The molecule has 3 aromatic rings. The number of carbonyl (C=O) groups is 1. The Morgan fingerprint density at radius 2 is 1.83 bits per heavy atom.